The third-order valence-electron chi connectivity index (χ3n) is 4.43. The second-order valence-electron chi connectivity index (χ2n) is 6.06. The van der Waals surface area contributed by atoms with Crippen LogP contribution in [0.3, 0.4) is 0 Å². The van der Waals surface area contributed by atoms with E-state index < -0.39 is 0 Å². The van der Waals surface area contributed by atoms with Crippen molar-refractivity contribution in [2.75, 3.05) is 39.2 Å². The SMILES string of the molecule is COCC(=O)Nc1ccc2[nH]cc(C3CCN(C)CC3)c2c1. The van der Waals surface area contributed by atoms with Crippen molar-refractivity contribution in [3.63, 3.8) is 0 Å². The van der Waals surface area contributed by atoms with E-state index in [1.54, 1.807) is 0 Å². The van der Waals surface area contributed by atoms with E-state index in [1.807, 2.05) is 12.1 Å². The quantitative estimate of drug-likeness (QED) is 0.912. The summed E-state index contributed by atoms with van der Waals surface area (Å²) in [4.78, 5) is 17.4. The number of H-pyrrole nitrogens is 1. The second kappa shape index (κ2) is 6.50. The number of carbonyl (C=O) groups excluding carboxylic acids is 1. The molecule has 1 saturated heterocycles. The summed E-state index contributed by atoms with van der Waals surface area (Å²) in [6.07, 6.45) is 4.49. The largest absolute Gasteiger partial charge is 0.375 e. The number of likely N-dealkylation sites (tertiary alicyclic amines) is 1. The topological polar surface area (TPSA) is 57.4 Å². The number of nitrogens with one attached hydrogen (secondary N) is 2. The maximum Gasteiger partial charge on any atom is 0.250 e. The zero-order chi connectivity index (χ0) is 15.5. The van der Waals surface area contributed by atoms with Gasteiger partial charge in [0.25, 0.3) is 0 Å². The minimum atomic E-state index is -0.127. The summed E-state index contributed by atoms with van der Waals surface area (Å²) in [6.45, 7) is 2.36. The fourth-order valence-electron chi connectivity index (χ4n) is 3.21. The van der Waals surface area contributed by atoms with Crippen LogP contribution < -0.4 is 5.32 Å². The van der Waals surface area contributed by atoms with Gasteiger partial charge < -0.3 is 19.9 Å². The summed E-state index contributed by atoms with van der Waals surface area (Å²) in [7, 11) is 3.70. The van der Waals surface area contributed by atoms with Gasteiger partial charge in [0.05, 0.1) is 0 Å². The number of piperidine rings is 1. The van der Waals surface area contributed by atoms with Crippen molar-refractivity contribution in [3.8, 4) is 0 Å². The number of benzene rings is 1. The standard InChI is InChI=1S/C17H23N3O2/c1-20-7-5-12(6-8-20)15-10-18-16-4-3-13(9-14(15)16)19-17(21)11-22-2/h3-4,9-10,12,18H,5-8,11H2,1-2H3,(H,19,21). The Kier molecular flexibility index (Phi) is 4.45. The lowest BCUT2D eigenvalue weighted by atomic mass is 9.89. The van der Waals surface area contributed by atoms with Crippen LogP contribution in [0, 0.1) is 0 Å². The van der Waals surface area contributed by atoms with Crippen LogP contribution in [-0.4, -0.2) is 49.6 Å². The normalized spacial score (nSPS) is 17.0. The van der Waals surface area contributed by atoms with Crippen molar-refractivity contribution in [1.29, 1.82) is 0 Å². The lowest BCUT2D eigenvalue weighted by Gasteiger charge is -2.28. The summed E-state index contributed by atoms with van der Waals surface area (Å²) in [6, 6.07) is 6.01. The van der Waals surface area contributed by atoms with E-state index >= 15 is 0 Å². The average molecular weight is 301 g/mol. The molecule has 0 saturated carbocycles. The Bertz CT molecular complexity index is 657. The van der Waals surface area contributed by atoms with Crippen molar-refractivity contribution >= 4 is 22.5 Å². The number of amides is 1. The number of hydrogen-bond acceptors (Lipinski definition) is 3. The van der Waals surface area contributed by atoms with E-state index in [0.717, 1.165) is 24.3 Å². The summed E-state index contributed by atoms with van der Waals surface area (Å²) in [5, 5.41) is 4.09. The molecule has 1 aromatic heterocycles. The monoisotopic (exact) mass is 301 g/mol. The van der Waals surface area contributed by atoms with Crippen LogP contribution in [-0.2, 0) is 9.53 Å². The molecular formula is C17H23N3O2. The van der Waals surface area contributed by atoms with E-state index in [2.05, 4.69) is 34.5 Å². The molecule has 2 heterocycles. The molecule has 2 N–H and O–H groups in total. The molecule has 22 heavy (non-hydrogen) atoms. The Morgan fingerprint density at radius 3 is 2.91 bits per heavy atom. The van der Waals surface area contributed by atoms with Crippen molar-refractivity contribution in [1.82, 2.24) is 9.88 Å². The molecule has 0 spiro atoms. The van der Waals surface area contributed by atoms with Crippen LogP contribution in [0.25, 0.3) is 10.9 Å². The maximum atomic E-state index is 11.7. The van der Waals surface area contributed by atoms with Gasteiger partial charge in [0.15, 0.2) is 0 Å². The number of aromatic amines is 1. The van der Waals surface area contributed by atoms with Gasteiger partial charge in [-0.2, -0.15) is 0 Å². The number of anilines is 1. The fourth-order valence-corrected chi connectivity index (χ4v) is 3.21. The number of rotatable bonds is 4. The molecule has 0 aliphatic carbocycles. The first kappa shape index (κ1) is 15.1. The van der Waals surface area contributed by atoms with Gasteiger partial charge in [-0.05, 0) is 62.7 Å². The molecule has 1 fully saturated rings. The molecule has 1 aromatic carbocycles. The van der Waals surface area contributed by atoms with Gasteiger partial charge in [0, 0.05) is 29.9 Å². The third-order valence-corrected chi connectivity index (χ3v) is 4.43. The van der Waals surface area contributed by atoms with Gasteiger partial charge in [0.1, 0.15) is 6.61 Å². The molecule has 1 aliphatic rings. The number of hydrogen-bond donors (Lipinski definition) is 2. The van der Waals surface area contributed by atoms with Crippen LogP contribution in [0.1, 0.15) is 24.3 Å². The summed E-state index contributed by atoms with van der Waals surface area (Å²) < 4.78 is 4.85. The van der Waals surface area contributed by atoms with Gasteiger partial charge in [-0.1, -0.05) is 0 Å². The van der Waals surface area contributed by atoms with Crippen LogP contribution in [0.15, 0.2) is 24.4 Å². The molecule has 118 valence electrons. The van der Waals surface area contributed by atoms with Gasteiger partial charge in [0.2, 0.25) is 5.91 Å². The number of aromatic nitrogens is 1. The molecule has 1 aliphatic heterocycles. The van der Waals surface area contributed by atoms with E-state index in [9.17, 15) is 4.79 Å². The molecule has 5 nitrogen and oxygen atoms in total. The minimum Gasteiger partial charge on any atom is -0.375 e. The highest BCUT2D eigenvalue weighted by Gasteiger charge is 2.21. The Morgan fingerprint density at radius 2 is 2.18 bits per heavy atom. The number of carbonyl (C=O) groups is 1. The Morgan fingerprint density at radius 1 is 1.41 bits per heavy atom. The van der Waals surface area contributed by atoms with Crippen LogP contribution in [0.2, 0.25) is 0 Å². The fraction of sp³-hybridized carbons (Fsp3) is 0.471. The Labute approximate surface area is 130 Å². The molecule has 3 rings (SSSR count). The Balaban J connectivity index is 1.84. The first-order chi connectivity index (χ1) is 10.7. The van der Waals surface area contributed by atoms with Crippen LogP contribution in [0.4, 0.5) is 5.69 Å². The summed E-state index contributed by atoms with van der Waals surface area (Å²) in [5.41, 5.74) is 3.31. The summed E-state index contributed by atoms with van der Waals surface area (Å²) >= 11 is 0. The van der Waals surface area contributed by atoms with E-state index in [0.29, 0.717) is 5.92 Å². The van der Waals surface area contributed by atoms with E-state index in [-0.39, 0.29) is 12.5 Å². The number of ether oxygens (including phenoxy) is 1. The maximum absolute atomic E-state index is 11.7. The minimum absolute atomic E-state index is 0.0764. The number of fused-ring (bicyclic) bond motifs is 1. The number of nitrogens with zero attached hydrogens (tertiary/aromatic N) is 1. The average Bonchev–Trinajstić information content (AvgIpc) is 2.91. The van der Waals surface area contributed by atoms with Crippen LogP contribution >= 0.6 is 0 Å². The third kappa shape index (κ3) is 3.15. The highest BCUT2D eigenvalue weighted by molar-refractivity contribution is 5.95. The van der Waals surface area contributed by atoms with Gasteiger partial charge in [-0.15, -0.1) is 0 Å². The van der Waals surface area contributed by atoms with Gasteiger partial charge in [-0.3, -0.25) is 4.79 Å². The second-order valence-corrected chi connectivity index (χ2v) is 6.06. The predicted octanol–water partition coefficient (Wildman–Crippen LogP) is 2.56. The molecule has 0 unspecified atom stereocenters. The molecule has 2 aromatic rings. The van der Waals surface area contributed by atoms with Crippen molar-refractivity contribution in [2.24, 2.45) is 0 Å². The molecular weight excluding hydrogens is 278 g/mol. The summed E-state index contributed by atoms with van der Waals surface area (Å²) in [5.74, 6) is 0.466. The lowest BCUT2D eigenvalue weighted by Crippen LogP contribution is -2.29. The molecule has 0 atom stereocenters. The van der Waals surface area contributed by atoms with E-state index in [1.165, 1.54) is 30.9 Å². The zero-order valence-electron chi connectivity index (χ0n) is 13.2. The van der Waals surface area contributed by atoms with Crippen molar-refractivity contribution in [3.05, 3.63) is 30.0 Å². The smallest absolute Gasteiger partial charge is 0.250 e. The molecule has 5 heteroatoms. The Hall–Kier alpha value is -1.85. The highest BCUT2D eigenvalue weighted by Crippen LogP contribution is 2.33. The van der Waals surface area contributed by atoms with E-state index in [4.69, 9.17) is 4.74 Å². The van der Waals surface area contributed by atoms with Gasteiger partial charge >= 0.3 is 0 Å². The first-order valence-electron chi connectivity index (χ1n) is 7.75. The molecule has 1 amide bonds. The highest BCUT2D eigenvalue weighted by atomic mass is 16.5. The predicted molar refractivity (Wildman–Crippen MR) is 88.3 cm³/mol. The molecule has 0 radical (unpaired) electrons. The van der Waals surface area contributed by atoms with Gasteiger partial charge in [-0.25, -0.2) is 0 Å². The van der Waals surface area contributed by atoms with Crippen molar-refractivity contribution < 1.29 is 9.53 Å². The lowest BCUT2D eigenvalue weighted by molar-refractivity contribution is -0.119. The van der Waals surface area contributed by atoms with Crippen molar-refractivity contribution in [2.45, 2.75) is 18.8 Å². The molecule has 0 bridgehead atoms. The number of methoxy groups -OCH3 is 1. The first-order valence-corrected chi connectivity index (χ1v) is 7.75. The van der Waals surface area contributed by atoms with Crippen LogP contribution in [0.5, 0.6) is 0 Å². The zero-order valence-corrected chi connectivity index (χ0v) is 13.2.